The number of hydrogen-bond donors (Lipinski definition) is 0. The number of carbonyl (C=O) groups is 1. The van der Waals surface area contributed by atoms with Crippen molar-refractivity contribution in [1.29, 1.82) is 0 Å². The van der Waals surface area contributed by atoms with Crippen molar-refractivity contribution >= 4 is 5.91 Å². The van der Waals surface area contributed by atoms with Crippen LogP contribution in [0, 0.1) is 0 Å². The summed E-state index contributed by atoms with van der Waals surface area (Å²) in [6, 6.07) is 6.03. The monoisotopic (exact) mass is 229 g/mol. The molecule has 0 saturated heterocycles. The van der Waals surface area contributed by atoms with Gasteiger partial charge < -0.3 is 9.64 Å². The SMILES string of the molecule is CN(C)C(=O)Cc1ccc(OC(F)F)cc1. The second-order valence-electron chi connectivity index (χ2n) is 3.49. The van der Waals surface area contributed by atoms with Crippen molar-refractivity contribution in [3.05, 3.63) is 29.8 Å². The number of alkyl halides is 2. The smallest absolute Gasteiger partial charge is 0.387 e. The molecule has 0 fully saturated rings. The van der Waals surface area contributed by atoms with Crippen molar-refractivity contribution in [3.63, 3.8) is 0 Å². The lowest BCUT2D eigenvalue weighted by Gasteiger charge is -2.10. The normalized spacial score (nSPS) is 10.3. The fourth-order valence-corrected chi connectivity index (χ4v) is 1.12. The van der Waals surface area contributed by atoms with E-state index in [4.69, 9.17) is 0 Å². The Morgan fingerprint density at radius 3 is 2.31 bits per heavy atom. The molecule has 0 atom stereocenters. The fraction of sp³-hybridized carbons (Fsp3) is 0.364. The lowest BCUT2D eigenvalue weighted by molar-refractivity contribution is -0.127. The number of hydrogen-bond acceptors (Lipinski definition) is 2. The number of amides is 1. The van der Waals surface area contributed by atoms with Gasteiger partial charge in [0.1, 0.15) is 5.75 Å². The molecule has 0 aliphatic heterocycles. The van der Waals surface area contributed by atoms with Gasteiger partial charge in [0, 0.05) is 14.1 Å². The molecule has 0 radical (unpaired) electrons. The third kappa shape index (κ3) is 3.84. The molecular formula is C11H13F2NO2. The highest BCUT2D eigenvalue weighted by Gasteiger charge is 2.07. The largest absolute Gasteiger partial charge is 0.435 e. The van der Waals surface area contributed by atoms with E-state index < -0.39 is 6.61 Å². The first kappa shape index (κ1) is 12.4. The first-order chi connectivity index (χ1) is 7.49. The quantitative estimate of drug-likeness (QED) is 0.789. The van der Waals surface area contributed by atoms with Crippen molar-refractivity contribution in [1.82, 2.24) is 4.90 Å². The van der Waals surface area contributed by atoms with Crippen LogP contribution < -0.4 is 4.74 Å². The van der Waals surface area contributed by atoms with Crippen LogP contribution >= 0.6 is 0 Å². The third-order valence-corrected chi connectivity index (χ3v) is 2.00. The maximum absolute atomic E-state index is 11.9. The zero-order chi connectivity index (χ0) is 12.1. The Bertz CT molecular complexity index is 350. The molecule has 1 rings (SSSR count). The molecule has 88 valence electrons. The Kier molecular flexibility index (Phi) is 4.22. The molecule has 0 unspecified atom stereocenters. The molecule has 5 heteroatoms. The number of carbonyl (C=O) groups excluding carboxylic acids is 1. The zero-order valence-electron chi connectivity index (χ0n) is 9.11. The van der Waals surface area contributed by atoms with Crippen LogP contribution in [0.5, 0.6) is 5.75 Å². The van der Waals surface area contributed by atoms with Gasteiger partial charge in [-0.25, -0.2) is 0 Å². The molecular weight excluding hydrogens is 216 g/mol. The van der Waals surface area contributed by atoms with E-state index in [0.717, 1.165) is 5.56 Å². The van der Waals surface area contributed by atoms with E-state index >= 15 is 0 Å². The van der Waals surface area contributed by atoms with Gasteiger partial charge in [0.15, 0.2) is 0 Å². The standard InChI is InChI=1S/C11H13F2NO2/c1-14(2)10(15)7-8-3-5-9(6-4-8)16-11(12)13/h3-6,11H,7H2,1-2H3. The predicted octanol–water partition coefficient (Wildman–Crippen LogP) is 1.92. The van der Waals surface area contributed by atoms with E-state index in [1.807, 2.05) is 0 Å². The topological polar surface area (TPSA) is 29.5 Å². The van der Waals surface area contributed by atoms with Crippen LogP contribution in [-0.4, -0.2) is 31.5 Å². The minimum absolute atomic E-state index is 0.0393. The van der Waals surface area contributed by atoms with Gasteiger partial charge in [-0.05, 0) is 17.7 Å². The van der Waals surface area contributed by atoms with Crippen LogP contribution in [0.25, 0.3) is 0 Å². The third-order valence-electron chi connectivity index (χ3n) is 2.00. The molecule has 1 amide bonds. The summed E-state index contributed by atoms with van der Waals surface area (Å²) in [4.78, 5) is 12.8. The Morgan fingerprint density at radius 2 is 1.88 bits per heavy atom. The van der Waals surface area contributed by atoms with Crippen LogP contribution in [0.1, 0.15) is 5.56 Å². The molecule has 0 saturated carbocycles. The molecule has 0 spiro atoms. The number of nitrogens with zero attached hydrogens (tertiary/aromatic N) is 1. The molecule has 0 aliphatic rings. The van der Waals surface area contributed by atoms with Gasteiger partial charge in [0.2, 0.25) is 5.91 Å². The summed E-state index contributed by atoms with van der Waals surface area (Å²) >= 11 is 0. The summed E-state index contributed by atoms with van der Waals surface area (Å²) in [6.07, 6.45) is 0.252. The van der Waals surface area contributed by atoms with Crippen molar-refractivity contribution in [2.24, 2.45) is 0 Å². The van der Waals surface area contributed by atoms with Crippen LogP contribution in [-0.2, 0) is 11.2 Å². The summed E-state index contributed by atoms with van der Waals surface area (Å²) in [5.41, 5.74) is 0.764. The number of halogens is 2. The molecule has 16 heavy (non-hydrogen) atoms. The fourth-order valence-electron chi connectivity index (χ4n) is 1.12. The minimum atomic E-state index is -2.82. The van der Waals surface area contributed by atoms with Gasteiger partial charge in [-0.2, -0.15) is 8.78 Å². The molecule has 1 aromatic carbocycles. The number of benzene rings is 1. The van der Waals surface area contributed by atoms with Crippen LogP contribution in [0.3, 0.4) is 0 Å². The summed E-state index contributed by atoms with van der Waals surface area (Å²) < 4.78 is 27.9. The van der Waals surface area contributed by atoms with E-state index in [9.17, 15) is 13.6 Å². The highest BCUT2D eigenvalue weighted by Crippen LogP contribution is 2.15. The van der Waals surface area contributed by atoms with Crippen molar-refractivity contribution in [2.75, 3.05) is 14.1 Å². The Hall–Kier alpha value is -1.65. The van der Waals surface area contributed by atoms with Crippen molar-refractivity contribution in [2.45, 2.75) is 13.0 Å². The molecule has 0 aliphatic carbocycles. The summed E-state index contributed by atoms with van der Waals surface area (Å²) in [5.74, 6) is 0.0542. The van der Waals surface area contributed by atoms with Crippen LogP contribution in [0.15, 0.2) is 24.3 Å². The summed E-state index contributed by atoms with van der Waals surface area (Å²) in [6.45, 7) is -2.82. The molecule has 0 N–H and O–H groups in total. The summed E-state index contributed by atoms with van der Waals surface area (Å²) in [7, 11) is 3.33. The van der Waals surface area contributed by atoms with Crippen molar-refractivity contribution in [3.8, 4) is 5.75 Å². The van der Waals surface area contributed by atoms with Gasteiger partial charge in [0.05, 0.1) is 6.42 Å². The highest BCUT2D eigenvalue weighted by atomic mass is 19.3. The van der Waals surface area contributed by atoms with Gasteiger partial charge in [-0.1, -0.05) is 12.1 Å². The second-order valence-corrected chi connectivity index (χ2v) is 3.49. The number of rotatable bonds is 4. The Morgan fingerprint density at radius 1 is 1.31 bits per heavy atom. The lowest BCUT2D eigenvalue weighted by atomic mass is 10.1. The van der Waals surface area contributed by atoms with E-state index in [2.05, 4.69) is 4.74 Å². The first-order valence-corrected chi connectivity index (χ1v) is 4.73. The second kappa shape index (κ2) is 5.44. The van der Waals surface area contributed by atoms with E-state index in [1.165, 1.54) is 17.0 Å². The number of ether oxygens (including phenoxy) is 1. The molecule has 1 aromatic rings. The maximum Gasteiger partial charge on any atom is 0.387 e. The Labute approximate surface area is 92.6 Å². The van der Waals surface area contributed by atoms with E-state index in [-0.39, 0.29) is 18.1 Å². The zero-order valence-corrected chi connectivity index (χ0v) is 9.11. The van der Waals surface area contributed by atoms with Crippen LogP contribution in [0.2, 0.25) is 0 Å². The van der Waals surface area contributed by atoms with Crippen LogP contribution in [0.4, 0.5) is 8.78 Å². The minimum Gasteiger partial charge on any atom is -0.435 e. The van der Waals surface area contributed by atoms with Gasteiger partial charge in [0.25, 0.3) is 0 Å². The molecule has 0 bridgehead atoms. The first-order valence-electron chi connectivity index (χ1n) is 4.73. The number of likely N-dealkylation sites (N-methyl/N-ethyl adjacent to an activating group) is 1. The predicted molar refractivity (Wildman–Crippen MR) is 55.5 cm³/mol. The lowest BCUT2D eigenvalue weighted by Crippen LogP contribution is -2.23. The summed E-state index contributed by atoms with van der Waals surface area (Å²) in [5, 5.41) is 0. The molecule has 3 nitrogen and oxygen atoms in total. The van der Waals surface area contributed by atoms with E-state index in [0.29, 0.717) is 0 Å². The average Bonchev–Trinajstić information content (AvgIpc) is 2.20. The average molecular weight is 229 g/mol. The van der Waals surface area contributed by atoms with Gasteiger partial charge in [-0.15, -0.1) is 0 Å². The molecule has 0 aromatic heterocycles. The van der Waals surface area contributed by atoms with Gasteiger partial charge >= 0.3 is 6.61 Å². The maximum atomic E-state index is 11.9. The van der Waals surface area contributed by atoms with Crippen molar-refractivity contribution < 1.29 is 18.3 Å². The Balaban J connectivity index is 2.61. The van der Waals surface area contributed by atoms with E-state index in [1.54, 1.807) is 26.2 Å². The highest BCUT2D eigenvalue weighted by molar-refractivity contribution is 5.78. The molecule has 0 heterocycles. The van der Waals surface area contributed by atoms with Gasteiger partial charge in [-0.3, -0.25) is 4.79 Å².